The third-order valence-electron chi connectivity index (χ3n) is 2.95. The molecule has 2 N–H and O–H groups in total. The Morgan fingerprint density at radius 1 is 0.958 bits per heavy atom. The Labute approximate surface area is 147 Å². The summed E-state index contributed by atoms with van der Waals surface area (Å²) in [7, 11) is 1.25. The van der Waals surface area contributed by atoms with Crippen molar-refractivity contribution in [1.29, 1.82) is 0 Å². The lowest BCUT2D eigenvalue weighted by atomic mass is 10.2. The molecule has 0 aliphatic rings. The van der Waals surface area contributed by atoms with Crippen molar-refractivity contribution in [1.82, 2.24) is 0 Å². The average Bonchev–Trinajstić information content (AvgIpc) is 2.58. The summed E-state index contributed by atoms with van der Waals surface area (Å²) in [5, 5.41) is 5.12. The van der Waals surface area contributed by atoms with E-state index < -0.39 is 17.8 Å². The van der Waals surface area contributed by atoms with Crippen molar-refractivity contribution in [3.63, 3.8) is 0 Å². The van der Waals surface area contributed by atoms with Gasteiger partial charge in [-0.3, -0.25) is 9.59 Å². The topological polar surface area (TPSA) is 84.5 Å². The van der Waals surface area contributed by atoms with E-state index in [1.54, 1.807) is 18.2 Å². The Bertz CT molecular complexity index is 808. The van der Waals surface area contributed by atoms with E-state index in [1.807, 2.05) is 0 Å². The predicted octanol–water partition coefficient (Wildman–Crippen LogP) is 3.36. The molecule has 0 bridgehead atoms. The number of carbonyl (C=O) groups is 3. The van der Waals surface area contributed by atoms with Crippen LogP contribution in [0.25, 0.3) is 0 Å². The lowest BCUT2D eigenvalue weighted by molar-refractivity contribution is -0.132. The Kier molecular flexibility index (Phi) is 5.78. The van der Waals surface area contributed by atoms with Gasteiger partial charge in [-0.25, -0.2) is 4.79 Å². The van der Waals surface area contributed by atoms with Gasteiger partial charge >= 0.3 is 17.8 Å². The first-order chi connectivity index (χ1) is 11.4. The van der Waals surface area contributed by atoms with E-state index in [4.69, 9.17) is 23.2 Å². The maximum Gasteiger partial charge on any atom is 0.337 e. The minimum atomic E-state index is -0.928. The highest BCUT2D eigenvalue weighted by molar-refractivity contribution is 6.47. The fraction of sp³-hybridized carbons (Fsp3) is 0.0625. The molecule has 2 aromatic rings. The molecule has 0 fully saturated rings. The van der Waals surface area contributed by atoms with Crippen molar-refractivity contribution in [2.75, 3.05) is 17.7 Å². The van der Waals surface area contributed by atoms with E-state index in [1.165, 1.54) is 31.4 Å². The second kappa shape index (κ2) is 7.81. The molecule has 2 rings (SSSR count). The average molecular weight is 367 g/mol. The molecule has 2 amide bonds. The van der Waals surface area contributed by atoms with Gasteiger partial charge in [0.05, 0.1) is 28.4 Å². The lowest BCUT2D eigenvalue weighted by Gasteiger charge is -2.09. The number of amides is 2. The Morgan fingerprint density at radius 3 is 2.33 bits per heavy atom. The molecule has 0 aliphatic carbocycles. The van der Waals surface area contributed by atoms with Gasteiger partial charge in [0.25, 0.3) is 0 Å². The lowest BCUT2D eigenvalue weighted by Crippen LogP contribution is -2.29. The third-order valence-corrected chi connectivity index (χ3v) is 3.77. The van der Waals surface area contributed by atoms with Gasteiger partial charge < -0.3 is 15.4 Å². The number of nitrogens with one attached hydrogen (secondary N) is 2. The number of carbonyl (C=O) groups excluding carboxylic acids is 3. The van der Waals surface area contributed by atoms with Crippen LogP contribution in [-0.4, -0.2) is 24.9 Å². The Morgan fingerprint density at radius 2 is 1.62 bits per heavy atom. The van der Waals surface area contributed by atoms with Crippen molar-refractivity contribution in [2.24, 2.45) is 0 Å². The molecule has 0 spiro atoms. The largest absolute Gasteiger partial charge is 0.465 e. The van der Waals surface area contributed by atoms with Crippen LogP contribution in [0.1, 0.15) is 10.4 Å². The highest BCUT2D eigenvalue weighted by Gasteiger charge is 2.17. The van der Waals surface area contributed by atoms with E-state index >= 15 is 0 Å². The van der Waals surface area contributed by atoms with Gasteiger partial charge in [-0.1, -0.05) is 35.3 Å². The summed E-state index contributed by atoms with van der Waals surface area (Å²) in [6, 6.07) is 10.6. The van der Waals surface area contributed by atoms with Crippen molar-refractivity contribution in [3.8, 4) is 0 Å². The number of benzene rings is 2. The van der Waals surface area contributed by atoms with Crippen molar-refractivity contribution in [3.05, 3.63) is 58.1 Å². The first-order valence-corrected chi connectivity index (χ1v) is 7.42. The van der Waals surface area contributed by atoms with Crippen LogP contribution in [0.15, 0.2) is 42.5 Å². The van der Waals surface area contributed by atoms with E-state index in [9.17, 15) is 14.4 Å². The van der Waals surface area contributed by atoms with Gasteiger partial charge in [0.1, 0.15) is 0 Å². The van der Waals surface area contributed by atoms with Gasteiger partial charge in [-0.05, 0) is 30.3 Å². The van der Waals surface area contributed by atoms with Crippen LogP contribution in [-0.2, 0) is 14.3 Å². The number of anilines is 2. The third kappa shape index (κ3) is 4.24. The number of esters is 1. The molecule has 124 valence electrons. The standard InChI is InChI=1S/C16H12Cl2N2O4/c1-24-16(23)9-4-2-5-10(8-9)19-14(21)15(22)20-12-7-3-6-11(17)13(12)18/h2-8H,1H3,(H,19,21)(H,20,22). The van der Waals surface area contributed by atoms with Crippen LogP contribution >= 0.6 is 23.2 Å². The monoisotopic (exact) mass is 366 g/mol. The van der Waals surface area contributed by atoms with Crippen molar-refractivity contribution in [2.45, 2.75) is 0 Å². The summed E-state index contributed by atoms with van der Waals surface area (Å²) in [6.07, 6.45) is 0. The van der Waals surface area contributed by atoms with Crippen LogP contribution in [0.2, 0.25) is 10.0 Å². The van der Waals surface area contributed by atoms with Crippen LogP contribution < -0.4 is 10.6 Å². The van der Waals surface area contributed by atoms with Crippen LogP contribution in [0.4, 0.5) is 11.4 Å². The number of ether oxygens (including phenoxy) is 1. The number of hydrogen-bond donors (Lipinski definition) is 2. The molecular formula is C16H12Cl2N2O4. The molecule has 0 radical (unpaired) electrons. The molecule has 0 aliphatic heterocycles. The number of hydrogen-bond acceptors (Lipinski definition) is 4. The summed E-state index contributed by atoms with van der Waals surface area (Å²) in [5.74, 6) is -2.41. The van der Waals surface area contributed by atoms with E-state index in [-0.39, 0.29) is 27.0 Å². The predicted molar refractivity (Wildman–Crippen MR) is 91.5 cm³/mol. The van der Waals surface area contributed by atoms with Gasteiger partial charge in [0.2, 0.25) is 0 Å². The molecular weight excluding hydrogens is 355 g/mol. The second-order valence-electron chi connectivity index (χ2n) is 4.58. The fourth-order valence-corrected chi connectivity index (χ4v) is 2.16. The summed E-state index contributed by atoms with van der Waals surface area (Å²) >= 11 is 11.8. The summed E-state index contributed by atoms with van der Waals surface area (Å²) in [5.41, 5.74) is 0.733. The molecule has 2 aromatic carbocycles. The smallest absolute Gasteiger partial charge is 0.337 e. The van der Waals surface area contributed by atoms with E-state index in [0.717, 1.165) is 0 Å². The molecule has 0 heterocycles. The molecule has 0 atom stereocenters. The molecule has 8 heteroatoms. The molecule has 24 heavy (non-hydrogen) atoms. The highest BCUT2D eigenvalue weighted by atomic mass is 35.5. The van der Waals surface area contributed by atoms with E-state index in [0.29, 0.717) is 0 Å². The Balaban J connectivity index is 2.08. The zero-order valence-corrected chi connectivity index (χ0v) is 13.9. The maximum atomic E-state index is 11.9. The number of halogens is 2. The maximum absolute atomic E-state index is 11.9. The number of methoxy groups -OCH3 is 1. The van der Waals surface area contributed by atoms with Crippen molar-refractivity contribution < 1.29 is 19.1 Å². The zero-order chi connectivity index (χ0) is 17.7. The first-order valence-electron chi connectivity index (χ1n) is 6.67. The molecule has 0 unspecified atom stereocenters. The van der Waals surface area contributed by atoms with Crippen LogP contribution in [0, 0.1) is 0 Å². The summed E-state index contributed by atoms with van der Waals surface area (Å²) < 4.78 is 4.59. The summed E-state index contributed by atoms with van der Waals surface area (Å²) in [4.78, 5) is 35.3. The Hall–Kier alpha value is -2.57. The first kappa shape index (κ1) is 17.8. The highest BCUT2D eigenvalue weighted by Crippen LogP contribution is 2.29. The van der Waals surface area contributed by atoms with Crippen LogP contribution in [0.3, 0.4) is 0 Å². The normalized spacial score (nSPS) is 9.96. The van der Waals surface area contributed by atoms with Gasteiger partial charge in [0, 0.05) is 5.69 Å². The van der Waals surface area contributed by atoms with E-state index in [2.05, 4.69) is 15.4 Å². The molecule has 0 aromatic heterocycles. The van der Waals surface area contributed by atoms with Gasteiger partial charge in [-0.15, -0.1) is 0 Å². The number of rotatable bonds is 3. The minimum absolute atomic E-state index is 0.132. The summed E-state index contributed by atoms with van der Waals surface area (Å²) in [6.45, 7) is 0. The SMILES string of the molecule is COC(=O)c1cccc(NC(=O)C(=O)Nc2cccc(Cl)c2Cl)c1. The second-order valence-corrected chi connectivity index (χ2v) is 5.37. The van der Waals surface area contributed by atoms with Crippen LogP contribution in [0.5, 0.6) is 0 Å². The van der Waals surface area contributed by atoms with Crippen molar-refractivity contribution >= 4 is 52.4 Å². The quantitative estimate of drug-likeness (QED) is 0.644. The van der Waals surface area contributed by atoms with Gasteiger partial charge in [-0.2, -0.15) is 0 Å². The van der Waals surface area contributed by atoms with Gasteiger partial charge in [0.15, 0.2) is 0 Å². The molecule has 6 nitrogen and oxygen atoms in total. The fourth-order valence-electron chi connectivity index (χ4n) is 1.81. The minimum Gasteiger partial charge on any atom is -0.465 e. The molecule has 0 saturated carbocycles. The zero-order valence-electron chi connectivity index (χ0n) is 12.4. The molecule has 0 saturated heterocycles.